The van der Waals surface area contributed by atoms with Crippen LogP contribution in [0.15, 0.2) is 5.16 Å². The van der Waals surface area contributed by atoms with Crippen molar-refractivity contribution in [3.8, 4) is 0 Å². The molecule has 2 aliphatic rings. The van der Waals surface area contributed by atoms with Crippen LogP contribution in [-0.2, 0) is 17.8 Å². The first kappa shape index (κ1) is 14.7. The number of hydrogen-bond donors (Lipinski definition) is 0. The van der Waals surface area contributed by atoms with Crippen LogP contribution in [-0.4, -0.2) is 34.9 Å². The van der Waals surface area contributed by atoms with Gasteiger partial charge in [-0.05, 0) is 32.9 Å². The molecule has 4 rings (SSSR count). The van der Waals surface area contributed by atoms with Gasteiger partial charge in [0.15, 0.2) is 11.0 Å². The van der Waals surface area contributed by atoms with Crippen molar-refractivity contribution in [1.29, 1.82) is 0 Å². The van der Waals surface area contributed by atoms with Crippen LogP contribution in [0.3, 0.4) is 0 Å². The van der Waals surface area contributed by atoms with Gasteiger partial charge in [0.2, 0.25) is 0 Å². The standard InChI is InChI=1S/C16H21N3OS2/c1-16(2)8-11-10(9-20-16)12-13(22-11)14(18-15(17-12)21-3)19-6-4-5-7-19/h4-9H2,1-3H3. The van der Waals surface area contributed by atoms with Gasteiger partial charge in [0.1, 0.15) is 0 Å². The van der Waals surface area contributed by atoms with Gasteiger partial charge < -0.3 is 9.64 Å². The maximum Gasteiger partial charge on any atom is 0.189 e. The average Bonchev–Trinajstić information content (AvgIpc) is 3.11. The van der Waals surface area contributed by atoms with Crippen molar-refractivity contribution in [1.82, 2.24) is 9.97 Å². The molecular formula is C16H21N3OS2. The summed E-state index contributed by atoms with van der Waals surface area (Å²) in [6.07, 6.45) is 5.55. The number of nitrogens with zero attached hydrogens (tertiary/aromatic N) is 3. The fraction of sp³-hybridized carbons (Fsp3) is 0.625. The van der Waals surface area contributed by atoms with Crippen molar-refractivity contribution in [3.63, 3.8) is 0 Å². The summed E-state index contributed by atoms with van der Waals surface area (Å²) in [5.74, 6) is 1.14. The van der Waals surface area contributed by atoms with Gasteiger partial charge in [0, 0.05) is 30.0 Å². The Morgan fingerprint density at radius 3 is 2.73 bits per heavy atom. The number of ether oxygens (including phenoxy) is 1. The largest absolute Gasteiger partial charge is 0.370 e. The third kappa shape index (κ3) is 2.41. The van der Waals surface area contributed by atoms with Gasteiger partial charge in [-0.25, -0.2) is 9.97 Å². The lowest BCUT2D eigenvalue weighted by molar-refractivity contribution is -0.0383. The number of thioether (sulfide) groups is 1. The Morgan fingerprint density at radius 2 is 2.00 bits per heavy atom. The molecule has 2 aliphatic heterocycles. The molecule has 4 nitrogen and oxygen atoms in total. The Bertz CT molecular complexity index is 720. The monoisotopic (exact) mass is 335 g/mol. The highest BCUT2D eigenvalue weighted by Crippen LogP contribution is 2.42. The summed E-state index contributed by atoms with van der Waals surface area (Å²) < 4.78 is 7.28. The lowest BCUT2D eigenvalue weighted by Crippen LogP contribution is -2.30. The van der Waals surface area contributed by atoms with Gasteiger partial charge >= 0.3 is 0 Å². The van der Waals surface area contributed by atoms with E-state index in [2.05, 4.69) is 18.7 Å². The molecule has 0 amide bonds. The van der Waals surface area contributed by atoms with Crippen molar-refractivity contribution >= 4 is 39.1 Å². The van der Waals surface area contributed by atoms with E-state index in [1.54, 1.807) is 11.8 Å². The predicted molar refractivity (Wildman–Crippen MR) is 93.2 cm³/mol. The van der Waals surface area contributed by atoms with Crippen LogP contribution < -0.4 is 4.90 Å². The zero-order valence-corrected chi connectivity index (χ0v) is 14.9. The molecule has 4 heterocycles. The summed E-state index contributed by atoms with van der Waals surface area (Å²) in [7, 11) is 0. The van der Waals surface area contributed by atoms with Crippen molar-refractivity contribution in [2.75, 3.05) is 24.2 Å². The smallest absolute Gasteiger partial charge is 0.189 e. The van der Waals surface area contributed by atoms with Gasteiger partial charge in [-0.3, -0.25) is 0 Å². The first-order valence-electron chi connectivity index (χ1n) is 7.82. The molecule has 0 radical (unpaired) electrons. The zero-order valence-electron chi connectivity index (χ0n) is 13.3. The summed E-state index contributed by atoms with van der Waals surface area (Å²) in [6, 6.07) is 0. The molecule has 0 saturated carbocycles. The summed E-state index contributed by atoms with van der Waals surface area (Å²) in [6.45, 7) is 7.24. The predicted octanol–water partition coefficient (Wildman–Crippen LogP) is 3.86. The highest BCUT2D eigenvalue weighted by Gasteiger charge is 2.31. The summed E-state index contributed by atoms with van der Waals surface area (Å²) in [4.78, 5) is 13.5. The Labute approximate surface area is 139 Å². The second-order valence-corrected chi connectivity index (χ2v) is 8.51. The normalized spacial score (nSPS) is 20.6. The molecule has 1 saturated heterocycles. The number of anilines is 1. The topological polar surface area (TPSA) is 38.2 Å². The van der Waals surface area contributed by atoms with E-state index < -0.39 is 0 Å². The van der Waals surface area contributed by atoms with Crippen LogP contribution >= 0.6 is 23.1 Å². The van der Waals surface area contributed by atoms with E-state index in [4.69, 9.17) is 14.7 Å². The SMILES string of the molecule is CSc1nc(N2CCCC2)c2sc3c(c2n1)COC(C)(C)C3. The van der Waals surface area contributed by atoms with E-state index >= 15 is 0 Å². The molecule has 2 aromatic rings. The summed E-state index contributed by atoms with van der Waals surface area (Å²) in [5.41, 5.74) is 2.34. The fourth-order valence-corrected chi connectivity index (χ4v) is 5.10. The third-order valence-corrected chi connectivity index (χ3v) is 6.22. The molecule has 0 unspecified atom stereocenters. The molecule has 0 bridgehead atoms. The molecule has 0 aromatic carbocycles. The maximum absolute atomic E-state index is 6.02. The van der Waals surface area contributed by atoms with Crippen molar-refractivity contribution in [2.24, 2.45) is 0 Å². The van der Waals surface area contributed by atoms with Crippen LogP contribution in [0.5, 0.6) is 0 Å². The molecule has 0 N–H and O–H groups in total. The molecule has 22 heavy (non-hydrogen) atoms. The minimum absolute atomic E-state index is 0.0720. The molecule has 1 fully saturated rings. The van der Waals surface area contributed by atoms with E-state index in [1.165, 1.54) is 28.0 Å². The van der Waals surface area contributed by atoms with Crippen LogP contribution in [0.4, 0.5) is 5.82 Å². The van der Waals surface area contributed by atoms with Crippen LogP contribution in [0.2, 0.25) is 0 Å². The number of thiophene rings is 1. The second-order valence-electron chi connectivity index (χ2n) is 6.63. The van der Waals surface area contributed by atoms with Crippen LogP contribution in [0.25, 0.3) is 10.2 Å². The van der Waals surface area contributed by atoms with Crippen molar-refractivity contribution in [3.05, 3.63) is 10.4 Å². The lowest BCUT2D eigenvalue weighted by Gasteiger charge is -2.29. The highest BCUT2D eigenvalue weighted by molar-refractivity contribution is 7.98. The van der Waals surface area contributed by atoms with Gasteiger partial charge in [-0.15, -0.1) is 11.3 Å². The highest BCUT2D eigenvalue weighted by atomic mass is 32.2. The van der Waals surface area contributed by atoms with Gasteiger partial charge in [0.05, 0.1) is 22.4 Å². The third-order valence-electron chi connectivity index (χ3n) is 4.46. The molecule has 0 atom stereocenters. The average molecular weight is 335 g/mol. The van der Waals surface area contributed by atoms with E-state index in [1.807, 2.05) is 17.6 Å². The van der Waals surface area contributed by atoms with Crippen LogP contribution in [0.1, 0.15) is 37.1 Å². The summed E-state index contributed by atoms with van der Waals surface area (Å²) >= 11 is 3.50. The molecule has 0 aliphatic carbocycles. The number of rotatable bonds is 2. The minimum atomic E-state index is -0.0720. The quantitative estimate of drug-likeness (QED) is 0.615. The first-order chi connectivity index (χ1) is 10.6. The van der Waals surface area contributed by atoms with Gasteiger partial charge in [-0.1, -0.05) is 11.8 Å². The van der Waals surface area contributed by atoms with E-state index in [9.17, 15) is 0 Å². The molecule has 6 heteroatoms. The molecule has 0 spiro atoms. The summed E-state index contributed by atoms with van der Waals surface area (Å²) in [5, 5.41) is 0.875. The van der Waals surface area contributed by atoms with Crippen molar-refractivity contribution in [2.45, 2.75) is 50.5 Å². The lowest BCUT2D eigenvalue weighted by atomic mass is 9.98. The minimum Gasteiger partial charge on any atom is -0.370 e. The van der Waals surface area contributed by atoms with E-state index in [0.29, 0.717) is 6.61 Å². The Kier molecular flexibility index (Phi) is 3.58. The van der Waals surface area contributed by atoms with E-state index in [-0.39, 0.29) is 5.60 Å². The molecule has 118 valence electrons. The number of hydrogen-bond acceptors (Lipinski definition) is 6. The van der Waals surface area contributed by atoms with E-state index in [0.717, 1.165) is 36.0 Å². The van der Waals surface area contributed by atoms with Crippen LogP contribution in [0, 0.1) is 0 Å². The first-order valence-corrected chi connectivity index (χ1v) is 9.87. The fourth-order valence-electron chi connectivity index (χ4n) is 3.27. The molecular weight excluding hydrogens is 314 g/mol. The zero-order chi connectivity index (χ0) is 15.3. The number of aromatic nitrogens is 2. The second kappa shape index (κ2) is 5.35. The Balaban J connectivity index is 1.90. The van der Waals surface area contributed by atoms with Gasteiger partial charge in [0.25, 0.3) is 0 Å². The number of fused-ring (bicyclic) bond motifs is 3. The molecule has 2 aromatic heterocycles. The van der Waals surface area contributed by atoms with Crippen molar-refractivity contribution < 1.29 is 4.74 Å². The maximum atomic E-state index is 6.02. The Hall–Kier alpha value is -0.850. The Morgan fingerprint density at radius 1 is 1.23 bits per heavy atom. The van der Waals surface area contributed by atoms with Gasteiger partial charge in [-0.2, -0.15) is 0 Å².